The normalized spacial score (nSPS) is 9.94. The molecule has 0 atom stereocenters. The highest BCUT2D eigenvalue weighted by Crippen LogP contribution is 2.04. The van der Waals surface area contributed by atoms with Crippen LogP contribution >= 0.6 is 0 Å². The van der Waals surface area contributed by atoms with Gasteiger partial charge in [-0.3, -0.25) is 9.82 Å². The van der Waals surface area contributed by atoms with E-state index in [0.717, 1.165) is 11.1 Å². The van der Waals surface area contributed by atoms with E-state index >= 15 is 0 Å². The molecule has 4 heteroatoms. The predicted molar refractivity (Wildman–Crippen MR) is 66.0 cm³/mol. The number of benzene rings is 1. The zero-order valence-electron chi connectivity index (χ0n) is 9.78. The summed E-state index contributed by atoms with van der Waals surface area (Å²) >= 11 is 0. The van der Waals surface area contributed by atoms with Gasteiger partial charge in [0.2, 0.25) is 0 Å². The third-order valence-electron chi connectivity index (χ3n) is 2.40. The Hall–Kier alpha value is -2.22. The Kier molecular flexibility index (Phi) is 4.42. The SMILES string of the molecule is N#Cc1ccc(CO[N]Cc2ccncc2)cc1. The highest BCUT2D eigenvalue weighted by molar-refractivity contribution is 5.31. The van der Waals surface area contributed by atoms with Crippen molar-refractivity contribution in [2.75, 3.05) is 0 Å². The number of pyridine rings is 1. The molecule has 1 aromatic carbocycles. The summed E-state index contributed by atoms with van der Waals surface area (Å²) in [7, 11) is 0. The van der Waals surface area contributed by atoms with Gasteiger partial charge in [0.05, 0.1) is 24.8 Å². The van der Waals surface area contributed by atoms with Gasteiger partial charge in [0.25, 0.3) is 0 Å². The molecule has 18 heavy (non-hydrogen) atoms. The first-order chi connectivity index (χ1) is 8.88. The molecule has 0 fully saturated rings. The average molecular weight is 238 g/mol. The van der Waals surface area contributed by atoms with Crippen molar-refractivity contribution in [3.8, 4) is 6.07 Å². The molecule has 0 bridgehead atoms. The van der Waals surface area contributed by atoms with Crippen molar-refractivity contribution in [1.29, 1.82) is 5.26 Å². The Bertz CT molecular complexity index is 517. The van der Waals surface area contributed by atoms with Gasteiger partial charge in [-0.25, -0.2) is 0 Å². The van der Waals surface area contributed by atoms with E-state index in [9.17, 15) is 0 Å². The summed E-state index contributed by atoms with van der Waals surface area (Å²) in [5, 5.41) is 8.66. The van der Waals surface area contributed by atoms with Crippen molar-refractivity contribution in [1.82, 2.24) is 10.5 Å². The molecule has 0 amide bonds. The minimum atomic E-state index is 0.413. The minimum absolute atomic E-state index is 0.413. The Morgan fingerprint density at radius 1 is 1.06 bits per heavy atom. The van der Waals surface area contributed by atoms with Gasteiger partial charge >= 0.3 is 0 Å². The van der Waals surface area contributed by atoms with Crippen LogP contribution in [0.2, 0.25) is 0 Å². The molecule has 0 saturated heterocycles. The van der Waals surface area contributed by atoms with Gasteiger partial charge in [-0.15, -0.1) is 0 Å². The molecule has 2 rings (SSSR count). The highest BCUT2D eigenvalue weighted by atomic mass is 16.6. The third kappa shape index (κ3) is 3.67. The molecule has 0 spiro atoms. The maximum absolute atomic E-state index is 8.66. The van der Waals surface area contributed by atoms with Gasteiger partial charge in [-0.05, 0) is 35.4 Å². The zero-order valence-corrected chi connectivity index (χ0v) is 9.78. The quantitative estimate of drug-likeness (QED) is 0.592. The van der Waals surface area contributed by atoms with Crippen molar-refractivity contribution < 1.29 is 4.84 Å². The van der Waals surface area contributed by atoms with Crippen LogP contribution in [-0.2, 0) is 18.0 Å². The van der Waals surface area contributed by atoms with Crippen molar-refractivity contribution in [2.45, 2.75) is 13.2 Å². The highest BCUT2D eigenvalue weighted by Gasteiger charge is 1.96. The van der Waals surface area contributed by atoms with E-state index in [-0.39, 0.29) is 0 Å². The Morgan fingerprint density at radius 2 is 1.78 bits per heavy atom. The lowest BCUT2D eigenvalue weighted by Crippen LogP contribution is -2.06. The molecular weight excluding hydrogens is 226 g/mol. The van der Waals surface area contributed by atoms with E-state index in [1.165, 1.54) is 0 Å². The fraction of sp³-hybridized carbons (Fsp3) is 0.143. The molecule has 89 valence electrons. The molecule has 0 saturated carbocycles. The van der Waals surface area contributed by atoms with Crippen LogP contribution in [0, 0.1) is 11.3 Å². The summed E-state index contributed by atoms with van der Waals surface area (Å²) in [4.78, 5) is 9.15. The summed E-state index contributed by atoms with van der Waals surface area (Å²) in [6.07, 6.45) is 3.46. The summed E-state index contributed by atoms with van der Waals surface area (Å²) in [5.41, 5.74) is 6.69. The van der Waals surface area contributed by atoms with Crippen LogP contribution < -0.4 is 5.48 Å². The van der Waals surface area contributed by atoms with Gasteiger partial charge in [-0.1, -0.05) is 17.6 Å². The molecule has 1 aromatic heterocycles. The van der Waals surface area contributed by atoms with Crippen LogP contribution in [0.4, 0.5) is 0 Å². The summed E-state index contributed by atoms with van der Waals surface area (Å²) in [6.45, 7) is 0.926. The van der Waals surface area contributed by atoms with E-state index in [2.05, 4.69) is 16.5 Å². The second kappa shape index (κ2) is 6.50. The number of hydroxylamine groups is 1. The van der Waals surface area contributed by atoms with Crippen LogP contribution in [0.25, 0.3) is 0 Å². The van der Waals surface area contributed by atoms with Gasteiger partial charge < -0.3 is 0 Å². The van der Waals surface area contributed by atoms with Crippen LogP contribution in [0.1, 0.15) is 16.7 Å². The first kappa shape index (κ1) is 12.2. The fourth-order valence-electron chi connectivity index (χ4n) is 1.40. The van der Waals surface area contributed by atoms with E-state index in [1.807, 2.05) is 24.3 Å². The Labute approximate surface area is 106 Å². The molecule has 1 radical (unpaired) electrons. The maximum atomic E-state index is 8.66. The molecular formula is C14H12N3O. The monoisotopic (exact) mass is 238 g/mol. The van der Waals surface area contributed by atoms with Gasteiger partial charge in [0.15, 0.2) is 0 Å². The number of nitrogens with zero attached hydrogens (tertiary/aromatic N) is 3. The summed E-state index contributed by atoms with van der Waals surface area (Å²) < 4.78 is 0. The van der Waals surface area contributed by atoms with Crippen LogP contribution in [0.15, 0.2) is 48.8 Å². The Morgan fingerprint density at radius 3 is 2.44 bits per heavy atom. The second-order valence-corrected chi connectivity index (χ2v) is 3.72. The van der Waals surface area contributed by atoms with Crippen molar-refractivity contribution >= 4 is 0 Å². The van der Waals surface area contributed by atoms with E-state index in [1.54, 1.807) is 24.5 Å². The van der Waals surface area contributed by atoms with Crippen LogP contribution in [0.5, 0.6) is 0 Å². The van der Waals surface area contributed by atoms with Gasteiger partial charge in [0.1, 0.15) is 0 Å². The Balaban J connectivity index is 1.74. The number of aromatic nitrogens is 1. The predicted octanol–water partition coefficient (Wildman–Crippen LogP) is 2.19. The zero-order chi connectivity index (χ0) is 12.6. The van der Waals surface area contributed by atoms with E-state index < -0.39 is 0 Å². The van der Waals surface area contributed by atoms with Crippen molar-refractivity contribution in [3.63, 3.8) is 0 Å². The summed E-state index contributed by atoms with van der Waals surface area (Å²) in [5.74, 6) is 0. The van der Waals surface area contributed by atoms with E-state index in [0.29, 0.717) is 18.7 Å². The maximum Gasteiger partial charge on any atom is 0.0991 e. The van der Waals surface area contributed by atoms with Crippen molar-refractivity contribution in [2.24, 2.45) is 0 Å². The number of hydrogen-bond donors (Lipinski definition) is 0. The van der Waals surface area contributed by atoms with Gasteiger partial charge in [-0.2, -0.15) is 5.26 Å². The number of hydrogen-bond acceptors (Lipinski definition) is 3. The van der Waals surface area contributed by atoms with E-state index in [4.69, 9.17) is 10.1 Å². The first-order valence-electron chi connectivity index (χ1n) is 5.55. The molecule has 0 aliphatic heterocycles. The molecule has 2 aromatic rings. The second-order valence-electron chi connectivity index (χ2n) is 3.72. The minimum Gasteiger partial charge on any atom is -0.277 e. The lowest BCUT2D eigenvalue weighted by atomic mass is 10.2. The van der Waals surface area contributed by atoms with Crippen LogP contribution in [-0.4, -0.2) is 4.98 Å². The van der Waals surface area contributed by atoms with Gasteiger partial charge in [0, 0.05) is 12.4 Å². The molecule has 0 unspecified atom stereocenters. The molecule has 0 aliphatic rings. The molecule has 1 heterocycles. The third-order valence-corrected chi connectivity index (χ3v) is 2.40. The molecule has 0 aliphatic carbocycles. The fourth-order valence-corrected chi connectivity index (χ4v) is 1.40. The molecule has 4 nitrogen and oxygen atoms in total. The lowest BCUT2D eigenvalue weighted by Gasteiger charge is -2.03. The first-order valence-corrected chi connectivity index (χ1v) is 5.55. The number of nitriles is 1. The average Bonchev–Trinajstić information content (AvgIpc) is 2.45. The summed E-state index contributed by atoms with van der Waals surface area (Å²) in [6, 6.07) is 13.1. The standard InChI is InChI=1S/C14H12N3O/c15-9-12-1-3-14(4-2-12)11-18-17-10-13-5-7-16-8-6-13/h1-8H,10-11H2. The van der Waals surface area contributed by atoms with Crippen LogP contribution in [0.3, 0.4) is 0 Å². The smallest absolute Gasteiger partial charge is 0.0991 e. The topological polar surface area (TPSA) is 60.0 Å². The largest absolute Gasteiger partial charge is 0.277 e. The number of rotatable bonds is 5. The lowest BCUT2D eigenvalue weighted by molar-refractivity contribution is 0.0152. The molecule has 0 N–H and O–H groups in total. The van der Waals surface area contributed by atoms with Crippen molar-refractivity contribution in [3.05, 3.63) is 65.5 Å².